The zero-order valence-corrected chi connectivity index (χ0v) is 14.9. The van der Waals surface area contributed by atoms with Gasteiger partial charge < -0.3 is 19.5 Å². The molecule has 1 aliphatic rings. The van der Waals surface area contributed by atoms with E-state index in [1.165, 1.54) is 5.69 Å². The van der Waals surface area contributed by atoms with E-state index in [-0.39, 0.29) is 6.61 Å². The molecular weight excluding hydrogens is 304 g/mol. The Morgan fingerprint density at radius 1 is 1.21 bits per heavy atom. The first kappa shape index (κ1) is 18.6. The predicted octanol–water partition coefficient (Wildman–Crippen LogP) is 1.61. The van der Waals surface area contributed by atoms with Crippen LogP contribution < -0.4 is 9.64 Å². The van der Waals surface area contributed by atoms with Crippen LogP contribution in [0, 0.1) is 12.3 Å². The topological polar surface area (TPSA) is 45.2 Å². The molecule has 1 aromatic rings. The number of piperazine rings is 1. The normalized spacial score (nSPS) is 17.4. The minimum absolute atomic E-state index is 0.260. The molecule has 1 fully saturated rings. The minimum atomic E-state index is -0.631. The number of nitrogens with zero attached hydrogens (tertiary/aromatic N) is 2. The molecule has 0 unspecified atom stereocenters. The molecule has 0 bridgehead atoms. The maximum absolute atomic E-state index is 10.1. The van der Waals surface area contributed by atoms with Gasteiger partial charge in [-0.1, -0.05) is 5.92 Å². The first-order valence-corrected chi connectivity index (χ1v) is 8.34. The lowest BCUT2D eigenvalue weighted by atomic mass is 10.1. The summed E-state index contributed by atoms with van der Waals surface area (Å²) in [7, 11) is 1.67. The Labute approximate surface area is 145 Å². The molecule has 1 saturated heterocycles. The number of terminal acetylenes is 1. The molecular formula is C19H28N2O3. The van der Waals surface area contributed by atoms with Crippen LogP contribution >= 0.6 is 0 Å². The molecule has 1 heterocycles. The van der Waals surface area contributed by atoms with Gasteiger partial charge in [-0.05, 0) is 38.1 Å². The van der Waals surface area contributed by atoms with Gasteiger partial charge in [-0.25, -0.2) is 0 Å². The van der Waals surface area contributed by atoms with Crippen molar-refractivity contribution < 1.29 is 14.6 Å². The van der Waals surface area contributed by atoms with Crippen molar-refractivity contribution >= 4 is 5.69 Å². The number of aliphatic hydroxyl groups excluding tert-OH is 1. The summed E-state index contributed by atoms with van der Waals surface area (Å²) in [6.45, 7) is 8.24. The number of benzene rings is 1. The second-order valence-corrected chi connectivity index (χ2v) is 6.61. The van der Waals surface area contributed by atoms with Crippen molar-refractivity contribution in [2.45, 2.75) is 25.6 Å². The number of hydrogen-bond donors (Lipinski definition) is 1. The van der Waals surface area contributed by atoms with Gasteiger partial charge in [0.05, 0.1) is 19.8 Å². The molecule has 0 radical (unpaired) electrons. The van der Waals surface area contributed by atoms with Gasteiger partial charge in [0.1, 0.15) is 11.4 Å². The van der Waals surface area contributed by atoms with Gasteiger partial charge in [-0.15, -0.1) is 6.42 Å². The van der Waals surface area contributed by atoms with E-state index in [1.807, 2.05) is 26.0 Å². The van der Waals surface area contributed by atoms with Gasteiger partial charge in [-0.2, -0.15) is 0 Å². The standard InChI is InChI=1S/C19H28N2O3/c1-5-19(2,3)24-15-17(22)14-20-10-12-21(13-11-20)16-6-8-18(23-4)9-7-16/h1,6-9,17,22H,10-15H2,2-4H3/t17-/m1/s1. The third-order valence-corrected chi connectivity index (χ3v) is 4.26. The van der Waals surface area contributed by atoms with E-state index in [4.69, 9.17) is 15.9 Å². The summed E-state index contributed by atoms with van der Waals surface area (Å²) in [5.41, 5.74) is 0.573. The lowest BCUT2D eigenvalue weighted by Crippen LogP contribution is -2.49. The molecule has 2 rings (SSSR count). The summed E-state index contributed by atoms with van der Waals surface area (Å²) in [6, 6.07) is 8.13. The van der Waals surface area contributed by atoms with Crippen molar-refractivity contribution in [2.75, 3.05) is 51.3 Å². The van der Waals surface area contributed by atoms with Crippen LogP contribution in [0.1, 0.15) is 13.8 Å². The number of aliphatic hydroxyl groups is 1. The highest BCUT2D eigenvalue weighted by Crippen LogP contribution is 2.20. The van der Waals surface area contributed by atoms with E-state index in [0.717, 1.165) is 31.9 Å². The number of ether oxygens (including phenoxy) is 2. The average molecular weight is 332 g/mol. The van der Waals surface area contributed by atoms with Crippen LogP contribution in [0.3, 0.4) is 0 Å². The fourth-order valence-corrected chi connectivity index (χ4v) is 2.68. The SMILES string of the molecule is C#CC(C)(C)OC[C@H](O)CN1CCN(c2ccc(OC)cc2)CC1. The Hall–Kier alpha value is -1.74. The molecule has 1 aromatic carbocycles. The Morgan fingerprint density at radius 3 is 2.38 bits per heavy atom. The Morgan fingerprint density at radius 2 is 1.83 bits per heavy atom. The average Bonchev–Trinajstić information content (AvgIpc) is 2.61. The van der Waals surface area contributed by atoms with Crippen molar-refractivity contribution in [3.63, 3.8) is 0 Å². The van der Waals surface area contributed by atoms with E-state index in [1.54, 1.807) is 7.11 Å². The zero-order valence-electron chi connectivity index (χ0n) is 14.9. The van der Waals surface area contributed by atoms with Gasteiger partial charge in [-0.3, -0.25) is 4.90 Å². The van der Waals surface area contributed by atoms with Crippen molar-refractivity contribution in [3.8, 4) is 18.1 Å². The van der Waals surface area contributed by atoms with Gasteiger partial charge in [0.15, 0.2) is 0 Å². The van der Waals surface area contributed by atoms with Crippen LogP contribution in [0.4, 0.5) is 5.69 Å². The van der Waals surface area contributed by atoms with Crippen LogP contribution in [-0.4, -0.2) is 68.2 Å². The first-order chi connectivity index (χ1) is 11.4. The molecule has 5 nitrogen and oxygen atoms in total. The summed E-state index contributed by atoms with van der Waals surface area (Å²) in [4.78, 5) is 4.61. The van der Waals surface area contributed by atoms with Crippen LogP contribution in [0.5, 0.6) is 5.75 Å². The maximum atomic E-state index is 10.1. The van der Waals surface area contributed by atoms with E-state index < -0.39 is 11.7 Å². The predicted molar refractivity (Wildman–Crippen MR) is 96.5 cm³/mol. The van der Waals surface area contributed by atoms with Gasteiger partial charge >= 0.3 is 0 Å². The van der Waals surface area contributed by atoms with Crippen LogP contribution in [-0.2, 0) is 4.74 Å². The third-order valence-electron chi connectivity index (χ3n) is 4.26. The summed E-state index contributed by atoms with van der Waals surface area (Å²) in [6.07, 6.45) is 4.86. The summed E-state index contributed by atoms with van der Waals surface area (Å²) in [5, 5.41) is 10.1. The minimum Gasteiger partial charge on any atom is -0.497 e. The van der Waals surface area contributed by atoms with E-state index in [9.17, 15) is 5.11 Å². The van der Waals surface area contributed by atoms with E-state index in [0.29, 0.717) is 6.54 Å². The molecule has 132 valence electrons. The summed E-state index contributed by atoms with van der Waals surface area (Å²) in [5.74, 6) is 3.44. The number of anilines is 1. The Kier molecular flexibility index (Phi) is 6.50. The monoisotopic (exact) mass is 332 g/mol. The smallest absolute Gasteiger partial charge is 0.122 e. The zero-order chi connectivity index (χ0) is 17.6. The second-order valence-electron chi connectivity index (χ2n) is 6.61. The van der Waals surface area contributed by atoms with Gasteiger partial charge in [0.2, 0.25) is 0 Å². The number of rotatable bonds is 7. The fourth-order valence-electron chi connectivity index (χ4n) is 2.68. The molecule has 0 saturated carbocycles. The molecule has 0 aromatic heterocycles. The van der Waals surface area contributed by atoms with Crippen molar-refractivity contribution in [2.24, 2.45) is 0 Å². The van der Waals surface area contributed by atoms with Crippen molar-refractivity contribution in [3.05, 3.63) is 24.3 Å². The second kappa shape index (κ2) is 8.39. The molecule has 1 N–H and O–H groups in total. The quantitative estimate of drug-likeness (QED) is 0.769. The largest absolute Gasteiger partial charge is 0.497 e. The summed E-state index contributed by atoms with van der Waals surface area (Å²) < 4.78 is 10.8. The fraction of sp³-hybridized carbons (Fsp3) is 0.579. The number of methoxy groups -OCH3 is 1. The highest BCUT2D eigenvalue weighted by Gasteiger charge is 2.21. The van der Waals surface area contributed by atoms with Gasteiger partial charge in [0.25, 0.3) is 0 Å². The molecule has 0 spiro atoms. The first-order valence-electron chi connectivity index (χ1n) is 8.34. The molecule has 0 amide bonds. The highest BCUT2D eigenvalue weighted by molar-refractivity contribution is 5.49. The molecule has 1 atom stereocenters. The van der Waals surface area contributed by atoms with Gasteiger partial charge in [0, 0.05) is 38.4 Å². The molecule has 0 aliphatic carbocycles. The number of β-amino-alcohol motifs (C(OH)–C–C–N with tert-alkyl or cyclic N) is 1. The Balaban J connectivity index is 1.75. The lowest BCUT2D eigenvalue weighted by molar-refractivity contribution is -0.0376. The highest BCUT2D eigenvalue weighted by atomic mass is 16.5. The summed E-state index contributed by atoms with van der Waals surface area (Å²) >= 11 is 0. The maximum Gasteiger partial charge on any atom is 0.122 e. The van der Waals surface area contributed by atoms with Crippen molar-refractivity contribution in [1.29, 1.82) is 0 Å². The van der Waals surface area contributed by atoms with Crippen LogP contribution in [0.25, 0.3) is 0 Å². The van der Waals surface area contributed by atoms with Crippen LogP contribution in [0.2, 0.25) is 0 Å². The number of hydrogen-bond acceptors (Lipinski definition) is 5. The van der Waals surface area contributed by atoms with E-state index >= 15 is 0 Å². The lowest BCUT2D eigenvalue weighted by Gasteiger charge is -2.37. The molecule has 5 heteroatoms. The van der Waals surface area contributed by atoms with Crippen molar-refractivity contribution in [1.82, 2.24) is 4.90 Å². The third kappa shape index (κ3) is 5.41. The molecule has 1 aliphatic heterocycles. The van der Waals surface area contributed by atoms with E-state index in [2.05, 4.69) is 27.9 Å². The molecule has 24 heavy (non-hydrogen) atoms. The van der Waals surface area contributed by atoms with Crippen LogP contribution in [0.15, 0.2) is 24.3 Å². The Bertz CT molecular complexity index is 543.